The number of amides is 2. The first-order chi connectivity index (χ1) is 25.2. The Balaban J connectivity index is 1.35. The van der Waals surface area contributed by atoms with E-state index in [2.05, 4.69) is 72.7 Å². The third-order valence-electron chi connectivity index (χ3n) is 10.8. The average Bonchev–Trinajstić information content (AvgIpc) is 3.64. The van der Waals surface area contributed by atoms with Gasteiger partial charge in [-0.25, -0.2) is 9.37 Å². The van der Waals surface area contributed by atoms with Crippen molar-refractivity contribution in [2.24, 2.45) is 0 Å². The fourth-order valence-corrected chi connectivity index (χ4v) is 8.33. The highest BCUT2D eigenvalue weighted by atomic mass is 32.2. The van der Waals surface area contributed by atoms with Gasteiger partial charge in [0.25, 0.3) is 21.9 Å². The smallest absolute Gasteiger partial charge is 0.333 e. The summed E-state index contributed by atoms with van der Waals surface area (Å²) in [6.45, 7) is 12.5. The van der Waals surface area contributed by atoms with Crippen molar-refractivity contribution in [1.29, 1.82) is 0 Å². The van der Waals surface area contributed by atoms with Gasteiger partial charge in [-0.3, -0.25) is 14.1 Å². The van der Waals surface area contributed by atoms with E-state index in [1.165, 1.54) is 22.9 Å². The van der Waals surface area contributed by atoms with E-state index in [0.29, 0.717) is 30.9 Å². The van der Waals surface area contributed by atoms with Gasteiger partial charge >= 0.3 is 5.97 Å². The van der Waals surface area contributed by atoms with Crippen LogP contribution in [-0.4, -0.2) is 59.2 Å². The first kappa shape index (κ1) is 39.8. The summed E-state index contributed by atoms with van der Waals surface area (Å²) in [6.07, 6.45) is 18.2. The van der Waals surface area contributed by atoms with E-state index in [9.17, 15) is 27.4 Å². The molecule has 1 N–H and O–H groups in total. The summed E-state index contributed by atoms with van der Waals surface area (Å²) in [4.78, 5) is 42.9. The Hall–Kier alpha value is -4.35. The SMILES string of the molecule is CCCC[N+]1=C(/C=C/C=C/C=C2\N(CCCCCC(=O)ON3C(=O)CCC3=O)c3ccc(S(=O)(=O)O)cc3C2(C)C)c2ccccc2C1(C)CCCC. The third-order valence-corrected chi connectivity index (χ3v) is 11.6. The van der Waals surface area contributed by atoms with Crippen molar-refractivity contribution in [2.45, 2.75) is 121 Å². The number of benzene rings is 2. The van der Waals surface area contributed by atoms with Crippen LogP contribution in [0.1, 0.15) is 122 Å². The van der Waals surface area contributed by atoms with Crippen molar-refractivity contribution in [3.8, 4) is 0 Å². The molecule has 0 spiro atoms. The van der Waals surface area contributed by atoms with Crippen molar-refractivity contribution in [3.63, 3.8) is 0 Å². The molecule has 1 saturated heterocycles. The molecule has 10 nitrogen and oxygen atoms in total. The number of rotatable bonds is 17. The zero-order valence-electron chi connectivity index (χ0n) is 31.8. The summed E-state index contributed by atoms with van der Waals surface area (Å²) in [7, 11) is -4.39. The molecule has 2 aromatic rings. The summed E-state index contributed by atoms with van der Waals surface area (Å²) < 4.78 is 36.6. The molecule has 0 aromatic heterocycles. The van der Waals surface area contributed by atoms with E-state index in [-0.39, 0.29) is 29.7 Å². The second-order valence-corrected chi connectivity index (χ2v) is 16.3. The summed E-state index contributed by atoms with van der Waals surface area (Å²) in [6, 6.07) is 13.5. The molecule has 1 unspecified atom stereocenters. The van der Waals surface area contributed by atoms with Crippen LogP contribution in [0.4, 0.5) is 5.69 Å². The molecular weight excluding hydrogens is 691 g/mol. The Morgan fingerprint density at radius 2 is 1.62 bits per heavy atom. The minimum atomic E-state index is -4.39. The van der Waals surface area contributed by atoms with E-state index in [1.807, 2.05) is 26.0 Å². The van der Waals surface area contributed by atoms with E-state index in [4.69, 9.17) is 4.84 Å². The number of allylic oxidation sites excluding steroid dienone is 6. The van der Waals surface area contributed by atoms with Crippen LogP contribution in [0.2, 0.25) is 0 Å². The van der Waals surface area contributed by atoms with Gasteiger partial charge in [0.2, 0.25) is 5.71 Å². The van der Waals surface area contributed by atoms with Gasteiger partial charge < -0.3 is 9.74 Å². The van der Waals surface area contributed by atoms with Crippen LogP contribution in [0.15, 0.2) is 83.4 Å². The minimum Gasteiger partial charge on any atom is -0.344 e. The summed E-state index contributed by atoms with van der Waals surface area (Å²) in [5, 5.41) is 0.574. The van der Waals surface area contributed by atoms with Crippen LogP contribution < -0.4 is 4.90 Å². The van der Waals surface area contributed by atoms with Gasteiger partial charge in [-0.15, -0.1) is 5.06 Å². The van der Waals surface area contributed by atoms with Crippen LogP contribution >= 0.6 is 0 Å². The molecule has 0 bridgehead atoms. The number of unbranched alkanes of at least 4 members (excludes halogenated alkanes) is 4. The average molecular weight is 745 g/mol. The first-order valence-electron chi connectivity index (χ1n) is 19.0. The summed E-state index contributed by atoms with van der Waals surface area (Å²) in [5.41, 5.74) is 5.91. The zero-order valence-corrected chi connectivity index (χ0v) is 32.6. The number of fused-ring (bicyclic) bond motifs is 2. The lowest BCUT2D eigenvalue weighted by Crippen LogP contribution is -2.35. The highest BCUT2D eigenvalue weighted by Gasteiger charge is 2.47. The molecule has 0 aliphatic carbocycles. The lowest BCUT2D eigenvalue weighted by molar-refractivity contribution is -0.610. The topological polar surface area (TPSA) is 124 Å². The molecule has 1 fully saturated rings. The van der Waals surface area contributed by atoms with E-state index in [0.717, 1.165) is 55.6 Å². The highest BCUT2D eigenvalue weighted by Crippen LogP contribution is 2.48. The highest BCUT2D eigenvalue weighted by molar-refractivity contribution is 7.85. The lowest BCUT2D eigenvalue weighted by atomic mass is 9.83. The van der Waals surface area contributed by atoms with E-state index in [1.54, 1.807) is 12.1 Å². The normalized spacial score (nSPS) is 20.5. The Morgan fingerprint density at radius 1 is 0.906 bits per heavy atom. The standard InChI is InChI=1S/C42H53N3O7S/c1-6-8-27-42(5)33-19-16-15-18-32(33)35(44(42)29-9-7-2)20-12-10-13-21-37-41(3,4)34-30-31(53(49,50)51)23-24-36(34)43(37)28-17-11-14-22-40(48)52-45-38(46)25-26-39(45)47/h10,12-13,15-16,18-21,23-24,30H,6-9,11,14,17,22,25-29H2,1-5H3/p+1. The number of hydroxylamine groups is 2. The maximum Gasteiger partial charge on any atom is 0.333 e. The van der Waals surface area contributed by atoms with Gasteiger partial charge in [-0.2, -0.15) is 8.42 Å². The molecule has 53 heavy (non-hydrogen) atoms. The third kappa shape index (κ3) is 8.57. The molecule has 2 aromatic carbocycles. The Bertz CT molecular complexity index is 1940. The molecule has 3 aliphatic rings. The number of carbonyl (C=O) groups is 3. The van der Waals surface area contributed by atoms with Crippen LogP contribution in [0.5, 0.6) is 0 Å². The molecule has 1 atom stereocenters. The summed E-state index contributed by atoms with van der Waals surface area (Å²) >= 11 is 0. The lowest BCUT2D eigenvalue weighted by Gasteiger charge is -2.27. The van der Waals surface area contributed by atoms with Crippen LogP contribution in [0.25, 0.3) is 0 Å². The fraction of sp³-hybridized carbons (Fsp3) is 0.476. The molecular formula is C42H54N3O7S+. The Morgan fingerprint density at radius 3 is 2.32 bits per heavy atom. The molecule has 0 saturated carbocycles. The number of imide groups is 1. The second kappa shape index (κ2) is 16.8. The van der Waals surface area contributed by atoms with Crippen LogP contribution in [0, 0.1) is 0 Å². The molecule has 284 valence electrons. The molecule has 5 rings (SSSR count). The van der Waals surface area contributed by atoms with Crippen molar-refractivity contribution < 1.29 is 36.8 Å². The van der Waals surface area contributed by atoms with Crippen molar-refractivity contribution in [3.05, 3.63) is 95.2 Å². The predicted molar refractivity (Wildman–Crippen MR) is 206 cm³/mol. The van der Waals surface area contributed by atoms with Gasteiger partial charge in [0.1, 0.15) is 6.54 Å². The van der Waals surface area contributed by atoms with Gasteiger partial charge in [-0.1, -0.05) is 83.4 Å². The maximum absolute atomic E-state index is 12.3. The van der Waals surface area contributed by atoms with Crippen molar-refractivity contribution >= 4 is 39.3 Å². The maximum atomic E-state index is 12.3. The van der Waals surface area contributed by atoms with Crippen molar-refractivity contribution in [2.75, 3.05) is 18.0 Å². The van der Waals surface area contributed by atoms with Gasteiger partial charge in [-0.05, 0) is 55.2 Å². The van der Waals surface area contributed by atoms with Crippen LogP contribution in [-0.2, 0) is 40.3 Å². The minimum absolute atomic E-state index is 0.0527. The number of carbonyl (C=O) groups excluding carboxylic acids is 3. The zero-order chi connectivity index (χ0) is 38.4. The predicted octanol–water partition coefficient (Wildman–Crippen LogP) is 7.92. The Kier molecular flexibility index (Phi) is 12.6. The van der Waals surface area contributed by atoms with Gasteiger partial charge in [0, 0.05) is 74.0 Å². The largest absolute Gasteiger partial charge is 0.344 e. The van der Waals surface area contributed by atoms with E-state index >= 15 is 0 Å². The van der Waals surface area contributed by atoms with Crippen molar-refractivity contribution in [1.82, 2.24) is 5.06 Å². The Labute approximate surface area is 314 Å². The first-order valence-corrected chi connectivity index (χ1v) is 20.4. The van der Waals surface area contributed by atoms with Gasteiger partial charge in [0.05, 0.1) is 10.5 Å². The van der Waals surface area contributed by atoms with Gasteiger partial charge in [0.15, 0.2) is 5.54 Å². The fourth-order valence-electron chi connectivity index (χ4n) is 7.82. The van der Waals surface area contributed by atoms with Crippen LogP contribution in [0.3, 0.4) is 0 Å². The number of nitrogens with zero attached hydrogens (tertiary/aromatic N) is 3. The summed E-state index contributed by atoms with van der Waals surface area (Å²) in [5.74, 6) is -1.61. The number of anilines is 1. The quantitative estimate of drug-likeness (QED) is 0.0570. The monoisotopic (exact) mass is 744 g/mol. The molecule has 11 heteroatoms. The number of hydrogen-bond acceptors (Lipinski definition) is 7. The molecule has 0 radical (unpaired) electrons. The second-order valence-electron chi connectivity index (χ2n) is 14.9. The number of hydrogen-bond donors (Lipinski definition) is 1. The molecule has 3 aliphatic heterocycles. The molecule has 2 amide bonds. The molecule has 3 heterocycles. The van der Waals surface area contributed by atoms with E-state index < -0.39 is 33.3 Å².